The van der Waals surface area contributed by atoms with Gasteiger partial charge in [0, 0.05) is 27.6 Å². The lowest BCUT2D eigenvalue weighted by Gasteiger charge is -2.66. The summed E-state index contributed by atoms with van der Waals surface area (Å²) in [5, 5.41) is 30.7. The predicted octanol–water partition coefficient (Wildman–Crippen LogP) is 7.56. The molecule has 1 aromatic rings. The van der Waals surface area contributed by atoms with Crippen LogP contribution in [0.15, 0.2) is 30.3 Å². The Balaban J connectivity index is 2.48. The van der Waals surface area contributed by atoms with E-state index in [0.29, 0.717) is 0 Å². The zero-order valence-electron chi connectivity index (χ0n) is 28.4. The first kappa shape index (κ1) is 34.6. The Morgan fingerprint density at radius 1 is 0.762 bits per heavy atom. The molecule has 4 N–H and O–H groups in total. The van der Waals surface area contributed by atoms with Crippen LogP contribution in [0.25, 0.3) is 0 Å². The summed E-state index contributed by atoms with van der Waals surface area (Å²) in [6, 6.07) is 9.43. The van der Waals surface area contributed by atoms with Crippen molar-refractivity contribution in [1.82, 2.24) is 10.6 Å². The van der Waals surface area contributed by atoms with E-state index in [2.05, 4.69) is 86.8 Å². The number of hydrogen-bond donors (Lipinski definition) is 4. The molecule has 2 aliphatic heterocycles. The van der Waals surface area contributed by atoms with Gasteiger partial charge in [-0.1, -0.05) is 78.8 Å². The number of aliphatic carboxylic acids is 2. The second kappa shape index (κ2) is 11.9. The summed E-state index contributed by atoms with van der Waals surface area (Å²) in [7, 11) is 0. The van der Waals surface area contributed by atoms with Crippen LogP contribution in [0.5, 0.6) is 0 Å². The van der Waals surface area contributed by atoms with E-state index < -0.39 is 22.8 Å². The highest BCUT2D eigenvalue weighted by atomic mass is 16.4. The van der Waals surface area contributed by atoms with Crippen molar-refractivity contribution in [3.05, 3.63) is 35.9 Å². The summed E-state index contributed by atoms with van der Waals surface area (Å²) in [6.07, 6.45) is 4.95. The van der Waals surface area contributed by atoms with Crippen molar-refractivity contribution in [3.63, 3.8) is 0 Å². The van der Waals surface area contributed by atoms with E-state index in [1.54, 1.807) is 0 Å². The molecule has 0 aromatic heterocycles. The molecule has 0 bridgehead atoms. The number of carboxylic acids is 2. The molecule has 3 rings (SSSR count). The zero-order valence-corrected chi connectivity index (χ0v) is 28.4. The second-order valence-electron chi connectivity index (χ2n) is 15.3. The minimum Gasteiger partial charge on any atom is -0.480 e. The lowest BCUT2D eigenvalue weighted by molar-refractivity contribution is -0.204. The molecule has 6 nitrogen and oxygen atoms in total. The first-order valence-corrected chi connectivity index (χ1v) is 16.5. The maximum atomic E-state index is 13.9. The molecule has 8 atom stereocenters. The summed E-state index contributed by atoms with van der Waals surface area (Å²) in [6.45, 7) is 24.4. The molecular weight excluding hydrogens is 524 g/mol. The van der Waals surface area contributed by atoms with Gasteiger partial charge >= 0.3 is 11.9 Å². The van der Waals surface area contributed by atoms with Crippen molar-refractivity contribution in [3.8, 4) is 0 Å². The third kappa shape index (κ3) is 5.44. The van der Waals surface area contributed by atoms with E-state index in [9.17, 15) is 19.8 Å². The van der Waals surface area contributed by atoms with Gasteiger partial charge < -0.3 is 20.8 Å². The average Bonchev–Trinajstić information content (AvgIpc) is 2.95. The van der Waals surface area contributed by atoms with Crippen LogP contribution in [0.4, 0.5) is 0 Å². The van der Waals surface area contributed by atoms with Crippen LogP contribution in [0.2, 0.25) is 0 Å². The van der Waals surface area contributed by atoms with Crippen LogP contribution in [-0.4, -0.2) is 44.3 Å². The summed E-state index contributed by atoms with van der Waals surface area (Å²) >= 11 is 0. The molecule has 0 radical (unpaired) electrons. The molecular formula is C36H60N2O4. The van der Waals surface area contributed by atoms with Crippen molar-refractivity contribution in [1.29, 1.82) is 0 Å². The first-order chi connectivity index (χ1) is 19.4. The first-order valence-electron chi connectivity index (χ1n) is 16.5. The fourth-order valence-electron chi connectivity index (χ4n) is 9.37. The van der Waals surface area contributed by atoms with Gasteiger partial charge in [-0.05, 0) is 102 Å². The molecule has 2 fully saturated rings. The molecule has 42 heavy (non-hydrogen) atoms. The van der Waals surface area contributed by atoms with Gasteiger partial charge in [0.15, 0.2) is 5.41 Å². The molecule has 0 saturated carbocycles. The fraction of sp³-hybridized carbons (Fsp3) is 0.778. The van der Waals surface area contributed by atoms with Crippen LogP contribution in [0.3, 0.4) is 0 Å². The van der Waals surface area contributed by atoms with Gasteiger partial charge in [0.2, 0.25) is 0 Å². The molecule has 2 heterocycles. The van der Waals surface area contributed by atoms with E-state index in [0.717, 1.165) is 44.1 Å². The summed E-state index contributed by atoms with van der Waals surface area (Å²) in [5.74, 6) is -2.60. The zero-order chi connectivity index (χ0) is 31.9. The Morgan fingerprint density at radius 2 is 1.14 bits per heavy atom. The van der Waals surface area contributed by atoms with Gasteiger partial charge in [-0.15, -0.1) is 0 Å². The van der Waals surface area contributed by atoms with Crippen LogP contribution in [0, 0.1) is 34.5 Å². The number of carboxylic acid groups (broad SMARTS) is 2. The number of carbonyl (C=O) groups is 2. The van der Waals surface area contributed by atoms with Crippen LogP contribution in [-0.2, 0) is 16.0 Å². The van der Waals surface area contributed by atoms with Crippen molar-refractivity contribution in [2.24, 2.45) is 34.5 Å². The van der Waals surface area contributed by atoms with Crippen molar-refractivity contribution in [2.45, 2.75) is 143 Å². The molecule has 0 aliphatic carbocycles. The van der Waals surface area contributed by atoms with Crippen LogP contribution in [0.1, 0.15) is 120 Å². The molecule has 8 unspecified atom stereocenters. The van der Waals surface area contributed by atoms with E-state index >= 15 is 0 Å². The quantitative estimate of drug-likeness (QED) is 0.200. The number of nitrogens with one attached hydrogen (secondary N) is 2. The predicted molar refractivity (Wildman–Crippen MR) is 172 cm³/mol. The monoisotopic (exact) mass is 584 g/mol. The lowest BCUT2D eigenvalue weighted by Crippen LogP contribution is -2.74. The van der Waals surface area contributed by atoms with Gasteiger partial charge in [0.05, 0.1) is 0 Å². The highest BCUT2D eigenvalue weighted by Crippen LogP contribution is 2.64. The van der Waals surface area contributed by atoms with Crippen LogP contribution >= 0.6 is 0 Å². The van der Waals surface area contributed by atoms with Gasteiger partial charge in [0.25, 0.3) is 0 Å². The standard InChI is InChI=1S/C36H60N2O4/c1-12-31(7)22-27(24(5)33(9,14-3)37-31)35(11,28-23-32(8,13-2)38-34(10,15-4)25(28)6)36(29(39)40,30(41)42)21-26-19-17-16-18-20-26/h16-20,24-25,27-28,37-38H,12-15,21-23H2,1-11H3,(H,39,40)(H,41,42). The second-order valence-corrected chi connectivity index (χ2v) is 15.3. The normalized spacial score (nSPS) is 38.9. The van der Waals surface area contributed by atoms with Gasteiger partial charge in [0.1, 0.15) is 0 Å². The Hall–Kier alpha value is -1.92. The van der Waals surface area contributed by atoms with Crippen molar-refractivity contribution in [2.75, 3.05) is 0 Å². The summed E-state index contributed by atoms with van der Waals surface area (Å²) < 4.78 is 0. The highest BCUT2D eigenvalue weighted by Gasteiger charge is 2.70. The minimum absolute atomic E-state index is 0.0420. The van der Waals surface area contributed by atoms with E-state index in [-0.39, 0.29) is 52.2 Å². The third-order valence-electron chi connectivity index (χ3n) is 13.3. The Labute approximate surface area is 255 Å². The lowest BCUT2D eigenvalue weighted by atomic mass is 9.41. The summed E-state index contributed by atoms with van der Waals surface area (Å²) in [4.78, 5) is 27.8. The Morgan fingerprint density at radius 3 is 1.45 bits per heavy atom. The Kier molecular flexibility index (Phi) is 9.77. The number of piperidine rings is 2. The molecule has 6 heteroatoms. The van der Waals surface area contributed by atoms with E-state index in [1.165, 1.54) is 0 Å². The minimum atomic E-state index is -2.02. The van der Waals surface area contributed by atoms with E-state index in [4.69, 9.17) is 0 Å². The number of rotatable bonds is 11. The molecule has 238 valence electrons. The highest BCUT2D eigenvalue weighted by molar-refractivity contribution is 6.00. The van der Waals surface area contributed by atoms with Gasteiger partial charge in [-0.25, -0.2) is 0 Å². The maximum Gasteiger partial charge on any atom is 0.321 e. The SMILES string of the molecule is CCC1(C)CC(C(C)(C2CC(C)(CC)NC(C)(CC)C2C)C(Cc2ccccc2)(C(=O)O)C(=O)O)C(C)C(C)(CC)N1. The molecule has 2 aliphatic rings. The molecule has 0 amide bonds. The number of benzene rings is 1. The third-order valence-corrected chi connectivity index (χ3v) is 13.3. The van der Waals surface area contributed by atoms with Gasteiger partial charge in [-0.3, -0.25) is 9.59 Å². The maximum absolute atomic E-state index is 13.9. The van der Waals surface area contributed by atoms with Crippen LogP contribution < -0.4 is 10.6 Å². The molecule has 1 aromatic carbocycles. The Bertz CT molecular complexity index is 1060. The smallest absolute Gasteiger partial charge is 0.321 e. The fourth-order valence-corrected chi connectivity index (χ4v) is 9.37. The average molecular weight is 585 g/mol. The van der Waals surface area contributed by atoms with Crippen molar-refractivity contribution < 1.29 is 19.8 Å². The number of hydrogen-bond acceptors (Lipinski definition) is 4. The largest absolute Gasteiger partial charge is 0.480 e. The van der Waals surface area contributed by atoms with Crippen molar-refractivity contribution >= 4 is 11.9 Å². The van der Waals surface area contributed by atoms with Gasteiger partial charge in [-0.2, -0.15) is 0 Å². The summed E-state index contributed by atoms with van der Waals surface area (Å²) in [5.41, 5.74) is -3.33. The topological polar surface area (TPSA) is 98.7 Å². The molecule has 0 spiro atoms. The van der Waals surface area contributed by atoms with E-state index in [1.807, 2.05) is 30.3 Å². The molecule has 2 saturated heterocycles.